The number of hydrogen-bond donors (Lipinski definition) is 2. The van der Waals surface area contributed by atoms with Crippen LogP contribution in [0.4, 0.5) is 0 Å². The molecule has 1 aromatic carbocycles. The van der Waals surface area contributed by atoms with Crippen LogP contribution < -0.4 is 0 Å². The van der Waals surface area contributed by atoms with Crippen LogP contribution in [0.25, 0.3) is 0 Å². The molecule has 1 rings (SSSR count). The molecule has 1 aromatic rings. The molecule has 0 heterocycles. The maximum atomic E-state index is 10.8. The van der Waals surface area contributed by atoms with Gasteiger partial charge in [-0.15, -0.1) is 0 Å². The maximum absolute atomic E-state index is 10.8. The second-order valence-corrected chi connectivity index (χ2v) is 5.06. The first-order valence-electron chi connectivity index (χ1n) is 3.32. The summed E-state index contributed by atoms with van der Waals surface area (Å²) in [6, 6.07) is 3.67. The van der Waals surface area contributed by atoms with E-state index in [0.29, 0.717) is 3.57 Å². The van der Waals surface area contributed by atoms with Gasteiger partial charge in [0.05, 0.1) is 5.56 Å². The molecule has 0 atom stereocenters. The Morgan fingerprint density at radius 1 is 1.33 bits per heavy atom. The third-order valence-electron chi connectivity index (χ3n) is 1.45. The number of halogens is 1. The van der Waals surface area contributed by atoms with Crippen molar-refractivity contribution in [3.63, 3.8) is 0 Å². The predicted molar refractivity (Wildman–Crippen MR) is 63.1 cm³/mol. The molecule has 0 aliphatic carbocycles. The molecule has 5 nitrogen and oxygen atoms in total. The fraction of sp³-hybridized carbons (Fsp3) is 0. The second kappa shape index (κ2) is 5.60. The van der Waals surface area contributed by atoms with Crippen molar-refractivity contribution < 1.29 is 22.9 Å². The first-order valence-corrected chi connectivity index (χ1v) is 5.84. The van der Waals surface area contributed by atoms with Crippen molar-refractivity contribution in [3.05, 3.63) is 27.3 Å². The molecular formula is C7H6INaO5S. The van der Waals surface area contributed by atoms with E-state index in [2.05, 4.69) is 0 Å². The number of carboxylic acid groups (broad SMARTS) is 1. The van der Waals surface area contributed by atoms with Gasteiger partial charge in [0.2, 0.25) is 0 Å². The van der Waals surface area contributed by atoms with Gasteiger partial charge in [0.25, 0.3) is 10.1 Å². The van der Waals surface area contributed by atoms with E-state index in [-0.39, 0.29) is 29.6 Å². The van der Waals surface area contributed by atoms with Gasteiger partial charge >= 0.3 is 35.5 Å². The molecule has 0 saturated heterocycles. The fourth-order valence-corrected chi connectivity index (χ4v) is 2.30. The SMILES string of the molecule is O=C(O)c1ccc(I)cc1S(=O)(=O)O.[NaH]. The molecule has 8 heteroatoms. The topological polar surface area (TPSA) is 91.7 Å². The molecule has 2 N–H and O–H groups in total. The van der Waals surface area contributed by atoms with Crippen molar-refractivity contribution in [2.24, 2.45) is 0 Å². The molecule has 0 fully saturated rings. The molecule has 0 aromatic heterocycles. The Hall–Kier alpha value is 0.330. The van der Waals surface area contributed by atoms with Gasteiger partial charge < -0.3 is 5.11 Å². The van der Waals surface area contributed by atoms with Gasteiger partial charge in [-0.3, -0.25) is 4.55 Å². The molecule has 0 bridgehead atoms. The van der Waals surface area contributed by atoms with Crippen LogP contribution in [0.1, 0.15) is 10.4 Å². The molecule has 0 spiro atoms. The van der Waals surface area contributed by atoms with Crippen LogP contribution in [0.5, 0.6) is 0 Å². The average Bonchev–Trinajstić information content (AvgIpc) is 2.01. The van der Waals surface area contributed by atoms with E-state index in [1.165, 1.54) is 6.07 Å². The molecule has 15 heavy (non-hydrogen) atoms. The van der Waals surface area contributed by atoms with Crippen molar-refractivity contribution in [2.75, 3.05) is 0 Å². The summed E-state index contributed by atoms with van der Waals surface area (Å²) in [5, 5.41) is 8.64. The van der Waals surface area contributed by atoms with Crippen LogP contribution >= 0.6 is 22.6 Å². The van der Waals surface area contributed by atoms with Gasteiger partial charge in [-0.25, -0.2) is 4.79 Å². The van der Waals surface area contributed by atoms with Crippen molar-refractivity contribution in [2.45, 2.75) is 4.90 Å². The summed E-state index contributed by atoms with van der Waals surface area (Å²) in [5.41, 5.74) is -0.437. The van der Waals surface area contributed by atoms with Crippen LogP contribution in [-0.4, -0.2) is 53.6 Å². The van der Waals surface area contributed by atoms with Crippen LogP contribution in [0.2, 0.25) is 0 Å². The van der Waals surface area contributed by atoms with Gasteiger partial charge in [-0.1, -0.05) is 0 Å². The summed E-state index contributed by atoms with van der Waals surface area (Å²) in [7, 11) is -4.49. The standard InChI is InChI=1S/C7H5IO5S.Na.H/c8-4-1-2-5(7(9)10)6(3-4)14(11,12)13;;/h1-3H,(H,9,10)(H,11,12,13);;. The molecule has 0 saturated carbocycles. The molecule has 0 aliphatic heterocycles. The number of carbonyl (C=O) groups is 1. The van der Waals surface area contributed by atoms with Gasteiger partial charge in [0, 0.05) is 3.57 Å². The molecule has 0 aliphatic rings. The normalized spacial score (nSPS) is 10.5. The van der Waals surface area contributed by atoms with Crippen molar-refractivity contribution in [3.8, 4) is 0 Å². The fourth-order valence-electron chi connectivity index (χ4n) is 0.886. The Kier molecular flexibility index (Phi) is 5.72. The number of rotatable bonds is 2. The van der Waals surface area contributed by atoms with E-state index in [1.807, 2.05) is 22.6 Å². The van der Waals surface area contributed by atoms with Gasteiger partial charge in [-0.2, -0.15) is 8.42 Å². The first kappa shape index (κ1) is 15.3. The zero-order chi connectivity index (χ0) is 10.9. The Morgan fingerprint density at radius 3 is 2.27 bits per heavy atom. The van der Waals surface area contributed by atoms with Crippen LogP contribution in [0.15, 0.2) is 23.1 Å². The Balaban J connectivity index is 0.00000196. The number of aromatic carboxylic acids is 1. The van der Waals surface area contributed by atoms with Crippen LogP contribution in [0, 0.1) is 3.57 Å². The summed E-state index contributed by atoms with van der Waals surface area (Å²) in [5.74, 6) is -1.39. The summed E-state index contributed by atoms with van der Waals surface area (Å²) in [4.78, 5) is 10.0. The summed E-state index contributed by atoms with van der Waals surface area (Å²) in [6.07, 6.45) is 0. The second-order valence-electron chi connectivity index (χ2n) is 2.42. The van der Waals surface area contributed by atoms with Crippen molar-refractivity contribution in [1.82, 2.24) is 0 Å². The molecule has 0 radical (unpaired) electrons. The molecule has 0 unspecified atom stereocenters. The van der Waals surface area contributed by atoms with E-state index in [1.54, 1.807) is 0 Å². The minimum absolute atomic E-state index is 0. The zero-order valence-corrected chi connectivity index (χ0v) is 9.61. The monoisotopic (exact) mass is 352 g/mol. The summed E-state index contributed by atoms with van der Waals surface area (Å²) < 4.78 is 30.9. The van der Waals surface area contributed by atoms with E-state index >= 15 is 0 Å². The van der Waals surface area contributed by atoms with E-state index < -0.39 is 26.5 Å². The van der Waals surface area contributed by atoms with Gasteiger partial charge in [0.15, 0.2) is 0 Å². The van der Waals surface area contributed by atoms with Crippen molar-refractivity contribution >= 4 is 68.2 Å². The van der Waals surface area contributed by atoms with E-state index in [9.17, 15) is 13.2 Å². The third-order valence-corrected chi connectivity index (χ3v) is 3.02. The quantitative estimate of drug-likeness (QED) is 0.462. The number of carboxylic acids is 1. The number of hydrogen-bond acceptors (Lipinski definition) is 3. The summed E-state index contributed by atoms with van der Waals surface area (Å²) >= 11 is 1.82. The van der Waals surface area contributed by atoms with E-state index in [4.69, 9.17) is 9.66 Å². The summed E-state index contributed by atoms with van der Waals surface area (Å²) in [6.45, 7) is 0. The minimum atomic E-state index is -4.49. The van der Waals surface area contributed by atoms with Gasteiger partial charge in [-0.05, 0) is 40.8 Å². The third kappa shape index (κ3) is 4.00. The van der Waals surface area contributed by atoms with E-state index in [0.717, 1.165) is 12.1 Å². The molecule has 0 amide bonds. The molecule has 78 valence electrons. The zero-order valence-electron chi connectivity index (χ0n) is 6.64. The van der Waals surface area contributed by atoms with Crippen LogP contribution in [-0.2, 0) is 10.1 Å². The Labute approximate surface area is 122 Å². The van der Waals surface area contributed by atoms with Crippen LogP contribution in [0.3, 0.4) is 0 Å². The van der Waals surface area contributed by atoms with Gasteiger partial charge in [0.1, 0.15) is 4.90 Å². The Bertz CT molecular complexity index is 484. The Morgan fingerprint density at radius 2 is 1.87 bits per heavy atom. The van der Waals surface area contributed by atoms with Crippen molar-refractivity contribution in [1.29, 1.82) is 0 Å². The average molecular weight is 352 g/mol. The predicted octanol–water partition coefficient (Wildman–Crippen LogP) is 0.588. The number of benzene rings is 1. The first-order chi connectivity index (χ1) is 6.32. The molecular weight excluding hydrogens is 346 g/mol.